The molecule has 0 spiro atoms. The number of nitrogens with one attached hydrogen (secondary N) is 1. The second kappa shape index (κ2) is 8.02. The van der Waals surface area contributed by atoms with Crippen LogP contribution in [0.25, 0.3) is 39.0 Å². The van der Waals surface area contributed by atoms with Crippen LogP contribution in [0.5, 0.6) is 0 Å². The molecule has 1 amide bonds. The van der Waals surface area contributed by atoms with Crippen molar-refractivity contribution in [2.24, 2.45) is 0 Å². The molecule has 170 valence electrons. The van der Waals surface area contributed by atoms with E-state index in [9.17, 15) is 4.79 Å². The number of carbonyl (C=O) groups excluding carboxylic acids is 1. The Labute approximate surface area is 196 Å². The van der Waals surface area contributed by atoms with Gasteiger partial charge in [-0.3, -0.25) is 4.79 Å². The van der Waals surface area contributed by atoms with Gasteiger partial charge in [-0.2, -0.15) is 0 Å². The van der Waals surface area contributed by atoms with Gasteiger partial charge in [0.05, 0.1) is 22.9 Å². The number of H-pyrrole nitrogens is 1. The first-order valence-electron chi connectivity index (χ1n) is 11.5. The van der Waals surface area contributed by atoms with Crippen LogP contribution in [0, 0.1) is 6.92 Å². The molecule has 0 atom stereocenters. The number of rotatable bonds is 4. The fourth-order valence-electron chi connectivity index (χ4n) is 4.86. The van der Waals surface area contributed by atoms with Gasteiger partial charge in [0.2, 0.25) is 0 Å². The van der Waals surface area contributed by atoms with Crippen molar-refractivity contribution in [3.63, 3.8) is 0 Å². The minimum absolute atomic E-state index is 0.0611. The first-order chi connectivity index (χ1) is 16.6. The Bertz CT molecular complexity index is 1560. The highest BCUT2D eigenvalue weighted by molar-refractivity contribution is 6.07. The summed E-state index contributed by atoms with van der Waals surface area (Å²) in [5.41, 5.74) is 7.08. The van der Waals surface area contributed by atoms with Crippen molar-refractivity contribution >= 4 is 33.5 Å². The van der Waals surface area contributed by atoms with Gasteiger partial charge in [-0.05, 0) is 49.1 Å². The van der Waals surface area contributed by atoms with E-state index in [1.807, 2.05) is 17.9 Å². The number of pyridine rings is 1. The molecule has 0 saturated heterocycles. The number of aromatic amines is 1. The molecule has 4 aromatic heterocycles. The smallest absolute Gasteiger partial charge is 0.259 e. The van der Waals surface area contributed by atoms with E-state index in [4.69, 9.17) is 8.94 Å². The molecule has 0 saturated carbocycles. The Morgan fingerprint density at radius 3 is 2.91 bits per heavy atom. The molecule has 5 heterocycles. The summed E-state index contributed by atoms with van der Waals surface area (Å²) in [6.45, 7) is 5.17. The van der Waals surface area contributed by atoms with Crippen molar-refractivity contribution in [1.29, 1.82) is 0 Å². The molecular formula is C27H24N4O3. The zero-order valence-corrected chi connectivity index (χ0v) is 19.1. The summed E-state index contributed by atoms with van der Waals surface area (Å²) in [5.74, 6) is 0.519. The minimum Gasteiger partial charge on any atom is -0.463 e. The Balaban J connectivity index is 1.33. The summed E-state index contributed by atoms with van der Waals surface area (Å²) in [5, 5.41) is 5.93. The molecule has 0 bridgehead atoms. The molecule has 1 aliphatic rings. The van der Waals surface area contributed by atoms with Crippen LogP contribution in [0.4, 0.5) is 0 Å². The molecule has 1 aliphatic heterocycles. The third kappa shape index (κ3) is 3.23. The zero-order valence-electron chi connectivity index (χ0n) is 19.1. The average molecular weight is 453 g/mol. The van der Waals surface area contributed by atoms with Crippen LogP contribution >= 0.6 is 0 Å². The topological polar surface area (TPSA) is 88.2 Å². The Morgan fingerprint density at radius 2 is 2.15 bits per heavy atom. The molecule has 0 aliphatic carbocycles. The molecule has 34 heavy (non-hydrogen) atoms. The maximum atomic E-state index is 13.6. The second-order valence-electron chi connectivity index (χ2n) is 8.61. The summed E-state index contributed by atoms with van der Waals surface area (Å²) in [4.78, 5) is 23.5. The lowest BCUT2D eigenvalue weighted by atomic mass is 9.97. The summed E-state index contributed by atoms with van der Waals surface area (Å²) < 4.78 is 10.9. The maximum Gasteiger partial charge on any atom is 0.259 e. The van der Waals surface area contributed by atoms with E-state index in [1.165, 1.54) is 27.6 Å². The number of amides is 1. The van der Waals surface area contributed by atoms with E-state index in [-0.39, 0.29) is 5.91 Å². The third-order valence-electron chi connectivity index (χ3n) is 6.65. The fourth-order valence-corrected chi connectivity index (χ4v) is 4.86. The van der Waals surface area contributed by atoms with E-state index in [1.54, 1.807) is 18.4 Å². The minimum atomic E-state index is -0.0611. The number of hydrogen-bond acceptors (Lipinski definition) is 5. The number of fused-ring (bicyclic) bond motifs is 2. The van der Waals surface area contributed by atoms with E-state index in [2.05, 4.69) is 52.5 Å². The van der Waals surface area contributed by atoms with Crippen molar-refractivity contribution in [3.8, 4) is 11.5 Å². The molecule has 0 unspecified atom stereocenters. The summed E-state index contributed by atoms with van der Waals surface area (Å²) in [6, 6.07) is 11.8. The predicted octanol–water partition coefficient (Wildman–Crippen LogP) is 5.76. The number of para-hydroxylation sites is 1. The molecule has 1 N–H and O–H groups in total. The van der Waals surface area contributed by atoms with Crippen LogP contribution in [0.3, 0.4) is 0 Å². The Hall–Kier alpha value is -4.13. The number of carbonyl (C=O) groups is 1. The van der Waals surface area contributed by atoms with Crippen LogP contribution in [-0.4, -0.2) is 39.0 Å². The van der Waals surface area contributed by atoms with E-state index in [0.29, 0.717) is 46.9 Å². The molecule has 6 rings (SSSR count). The number of furan rings is 1. The van der Waals surface area contributed by atoms with Gasteiger partial charge in [-0.1, -0.05) is 36.4 Å². The average Bonchev–Trinajstić information content (AvgIpc) is 3.63. The number of nitrogens with zero attached hydrogens (tertiary/aromatic N) is 3. The molecule has 7 heteroatoms. The van der Waals surface area contributed by atoms with Crippen LogP contribution in [0.2, 0.25) is 0 Å². The Kier molecular flexibility index (Phi) is 4.83. The quantitative estimate of drug-likeness (QED) is 0.374. The lowest BCUT2D eigenvalue weighted by Crippen LogP contribution is -2.34. The van der Waals surface area contributed by atoms with Gasteiger partial charge in [-0.15, -0.1) is 0 Å². The van der Waals surface area contributed by atoms with Gasteiger partial charge >= 0.3 is 0 Å². The standard InChI is InChI=1S/C27H24N4O3/c1-3-17-6-4-7-19-21(15-28-25(17)19)18-9-11-31(12-10-18)27(32)20-14-22(23-8-5-13-33-23)29-26-24(20)16(2)30-34-26/h4-9,13-15,28H,3,10-12H2,1-2H3. The van der Waals surface area contributed by atoms with Crippen molar-refractivity contribution < 1.29 is 13.7 Å². The summed E-state index contributed by atoms with van der Waals surface area (Å²) in [7, 11) is 0. The van der Waals surface area contributed by atoms with Gasteiger partial charge in [0.1, 0.15) is 5.69 Å². The molecular weight excluding hydrogens is 428 g/mol. The van der Waals surface area contributed by atoms with Gasteiger partial charge < -0.3 is 18.8 Å². The third-order valence-corrected chi connectivity index (χ3v) is 6.65. The summed E-state index contributed by atoms with van der Waals surface area (Å²) in [6.07, 6.45) is 7.61. The molecule has 7 nitrogen and oxygen atoms in total. The predicted molar refractivity (Wildman–Crippen MR) is 130 cm³/mol. The van der Waals surface area contributed by atoms with E-state index in [0.717, 1.165) is 12.8 Å². The van der Waals surface area contributed by atoms with Crippen molar-refractivity contribution in [3.05, 3.63) is 77.3 Å². The van der Waals surface area contributed by atoms with Crippen molar-refractivity contribution in [1.82, 2.24) is 20.0 Å². The van der Waals surface area contributed by atoms with Crippen LogP contribution in [0.1, 0.15) is 40.5 Å². The van der Waals surface area contributed by atoms with Crippen LogP contribution in [-0.2, 0) is 6.42 Å². The number of hydrogen-bond donors (Lipinski definition) is 1. The second-order valence-corrected chi connectivity index (χ2v) is 8.61. The van der Waals surface area contributed by atoms with Crippen LogP contribution in [0.15, 0.2) is 63.9 Å². The lowest BCUT2D eigenvalue weighted by Gasteiger charge is -2.27. The SMILES string of the molecule is CCc1cccc2c(C3=CCN(C(=O)c4cc(-c5ccco5)nc5onc(C)c45)CC3)c[nH]c12. The molecule has 1 aromatic carbocycles. The van der Waals surface area contributed by atoms with E-state index >= 15 is 0 Å². The number of benzene rings is 1. The van der Waals surface area contributed by atoms with Gasteiger partial charge in [-0.25, -0.2) is 4.98 Å². The highest BCUT2D eigenvalue weighted by Gasteiger charge is 2.26. The highest BCUT2D eigenvalue weighted by atomic mass is 16.5. The van der Waals surface area contributed by atoms with Gasteiger partial charge in [0.15, 0.2) is 5.76 Å². The first kappa shape index (κ1) is 20.5. The fraction of sp³-hybridized carbons (Fsp3) is 0.222. The largest absolute Gasteiger partial charge is 0.463 e. The molecule has 5 aromatic rings. The monoisotopic (exact) mass is 452 g/mol. The lowest BCUT2D eigenvalue weighted by molar-refractivity contribution is 0.0774. The van der Waals surface area contributed by atoms with Crippen molar-refractivity contribution in [2.75, 3.05) is 13.1 Å². The number of aromatic nitrogens is 3. The number of aryl methyl sites for hydroxylation is 2. The maximum absolute atomic E-state index is 13.6. The zero-order chi connectivity index (χ0) is 23.2. The van der Waals surface area contributed by atoms with Gasteiger partial charge in [0.25, 0.3) is 11.6 Å². The Morgan fingerprint density at radius 1 is 1.24 bits per heavy atom. The van der Waals surface area contributed by atoms with Gasteiger partial charge in [0, 0.05) is 35.8 Å². The highest BCUT2D eigenvalue weighted by Crippen LogP contribution is 2.33. The van der Waals surface area contributed by atoms with E-state index < -0.39 is 0 Å². The first-order valence-corrected chi connectivity index (χ1v) is 11.5. The van der Waals surface area contributed by atoms with Crippen molar-refractivity contribution in [2.45, 2.75) is 26.7 Å². The molecule has 0 radical (unpaired) electrons. The summed E-state index contributed by atoms with van der Waals surface area (Å²) >= 11 is 0. The van der Waals surface area contributed by atoms with Crippen LogP contribution < -0.4 is 0 Å². The molecule has 0 fully saturated rings. The normalized spacial score (nSPS) is 14.2.